The summed E-state index contributed by atoms with van der Waals surface area (Å²) in [6, 6.07) is 10.5. The number of methoxy groups -OCH3 is 2. The Morgan fingerprint density at radius 3 is 2.54 bits per heavy atom. The van der Waals surface area contributed by atoms with Gasteiger partial charge in [-0.3, -0.25) is 14.5 Å². The first-order valence-electron chi connectivity index (χ1n) is 11.5. The number of hydrogen-bond acceptors (Lipinski definition) is 8. The number of carbonyl (C=O) groups excluding carboxylic acids is 2. The summed E-state index contributed by atoms with van der Waals surface area (Å²) in [7, 11) is 2.93. The lowest BCUT2D eigenvalue weighted by Gasteiger charge is -2.29. The molecule has 2 aliphatic heterocycles. The summed E-state index contributed by atoms with van der Waals surface area (Å²) in [5.74, 6) is -1.05. The van der Waals surface area contributed by atoms with Crippen LogP contribution in [0.3, 0.4) is 0 Å². The van der Waals surface area contributed by atoms with Gasteiger partial charge in [0.15, 0.2) is 11.5 Å². The molecule has 186 valence electrons. The van der Waals surface area contributed by atoms with Crippen molar-refractivity contribution in [2.24, 2.45) is 0 Å². The number of nitrogens with zero attached hydrogens (tertiary/aromatic N) is 2. The molecule has 9 nitrogen and oxygen atoms in total. The maximum atomic E-state index is 13.2. The number of ketones is 1. The van der Waals surface area contributed by atoms with E-state index in [0.29, 0.717) is 43.1 Å². The van der Waals surface area contributed by atoms with Crippen LogP contribution < -0.4 is 9.47 Å². The van der Waals surface area contributed by atoms with Crippen LogP contribution in [0.4, 0.5) is 0 Å². The first-order valence-corrected chi connectivity index (χ1v) is 11.5. The Kier molecular flexibility index (Phi) is 7.57. The third kappa shape index (κ3) is 5.11. The van der Waals surface area contributed by atoms with Gasteiger partial charge in [0.25, 0.3) is 11.7 Å². The van der Waals surface area contributed by atoms with Gasteiger partial charge in [-0.25, -0.2) is 0 Å². The fourth-order valence-corrected chi connectivity index (χ4v) is 4.54. The quantitative estimate of drug-likeness (QED) is 0.336. The number of phenolic OH excluding ortho intramolecular Hbond substituents is 1. The number of hydrogen-bond donors (Lipinski definition) is 2. The van der Waals surface area contributed by atoms with Crippen LogP contribution in [0.2, 0.25) is 0 Å². The lowest BCUT2D eigenvalue weighted by atomic mass is 9.95. The highest BCUT2D eigenvalue weighted by molar-refractivity contribution is 6.46. The molecule has 9 heteroatoms. The van der Waals surface area contributed by atoms with Crippen LogP contribution in [0.25, 0.3) is 5.76 Å². The molecule has 2 aliphatic rings. The molecule has 35 heavy (non-hydrogen) atoms. The molecule has 2 aromatic rings. The Balaban J connectivity index is 1.72. The van der Waals surface area contributed by atoms with Gasteiger partial charge < -0.3 is 29.3 Å². The number of morpholine rings is 1. The van der Waals surface area contributed by atoms with Gasteiger partial charge in [-0.05, 0) is 36.2 Å². The van der Waals surface area contributed by atoms with Crippen molar-refractivity contribution in [1.29, 1.82) is 0 Å². The molecule has 2 saturated heterocycles. The smallest absolute Gasteiger partial charge is 0.295 e. The number of carbonyl (C=O) groups is 2. The van der Waals surface area contributed by atoms with E-state index in [0.717, 1.165) is 19.6 Å². The molecular formula is C26H30N2O7. The number of aromatic hydroxyl groups is 1. The third-order valence-electron chi connectivity index (χ3n) is 6.38. The summed E-state index contributed by atoms with van der Waals surface area (Å²) in [4.78, 5) is 30.1. The van der Waals surface area contributed by atoms with Gasteiger partial charge in [-0.2, -0.15) is 0 Å². The lowest BCUT2D eigenvalue weighted by Crippen LogP contribution is -2.38. The van der Waals surface area contributed by atoms with Gasteiger partial charge in [0.1, 0.15) is 11.5 Å². The summed E-state index contributed by atoms with van der Waals surface area (Å²) in [6.07, 6.45) is 0.651. The monoisotopic (exact) mass is 482 g/mol. The molecule has 0 spiro atoms. The second-order valence-corrected chi connectivity index (χ2v) is 8.46. The fourth-order valence-electron chi connectivity index (χ4n) is 4.54. The molecule has 0 bridgehead atoms. The maximum absolute atomic E-state index is 13.2. The normalized spacial score (nSPS) is 20.3. The van der Waals surface area contributed by atoms with Gasteiger partial charge in [0.2, 0.25) is 0 Å². The first-order chi connectivity index (χ1) is 16.9. The minimum absolute atomic E-state index is 0.0117. The predicted molar refractivity (Wildman–Crippen MR) is 129 cm³/mol. The summed E-state index contributed by atoms with van der Waals surface area (Å²) < 4.78 is 15.9. The Labute approximate surface area is 204 Å². The number of benzene rings is 2. The molecule has 2 fully saturated rings. The number of aliphatic hydroxyl groups excluding tert-OH is 1. The minimum atomic E-state index is -0.833. The molecule has 4 rings (SSSR count). The molecule has 1 atom stereocenters. The fraction of sp³-hybridized carbons (Fsp3) is 0.385. The highest BCUT2D eigenvalue weighted by Crippen LogP contribution is 2.42. The molecule has 1 amide bonds. The molecule has 2 N–H and O–H groups in total. The van der Waals surface area contributed by atoms with E-state index in [1.54, 1.807) is 36.4 Å². The second-order valence-electron chi connectivity index (χ2n) is 8.46. The Morgan fingerprint density at radius 2 is 1.83 bits per heavy atom. The van der Waals surface area contributed by atoms with E-state index < -0.39 is 17.7 Å². The number of rotatable bonds is 8. The zero-order valence-corrected chi connectivity index (χ0v) is 19.9. The van der Waals surface area contributed by atoms with E-state index in [1.165, 1.54) is 25.2 Å². The van der Waals surface area contributed by atoms with Crippen LogP contribution in [-0.2, 0) is 14.3 Å². The van der Waals surface area contributed by atoms with E-state index in [2.05, 4.69) is 4.90 Å². The Hall–Kier alpha value is -3.56. The largest absolute Gasteiger partial charge is 0.507 e. The van der Waals surface area contributed by atoms with Crippen LogP contribution >= 0.6 is 0 Å². The number of amides is 1. The van der Waals surface area contributed by atoms with E-state index >= 15 is 0 Å². The van der Waals surface area contributed by atoms with E-state index in [1.807, 2.05) is 0 Å². The van der Waals surface area contributed by atoms with Gasteiger partial charge >= 0.3 is 0 Å². The third-order valence-corrected chi connectivity index (χ3v) is 6.38. The Bertz CT molecular complexity index is 1120. The lowest BCUT2D eigenvalue weighted by molar-refractivity contribution is -0.140. The number of phenols is 1. The zero-order chi connectivity index (χ0) is 24.9. The topological polar surface area (TPSA) is 109 Å². The van der Waals surface area contributed by atoms with Crippen molar-refractivity contribution >= 4 is 17.4 Å². The van der Waals surface area contributed by atoms with Gasteiger partial charge in [0, 0.05) is 31.7 Å². The van der Waals surface area contributed by atoms with Crippen LogP contribution in [0.1, 0.15) is 23.6 Å². The van der Waals surface area contributed by atoms with Crippen molar-refractivity contribution in [3.63, 3.8) is 0 Å². The Morgan fingerprint density at radius 1 is 1.06 bits per heavy atom. The van der Waals surface area contributed by atoms with Crippen molar-refractivity contribution in [2.45, 2.75) is 12.5 Å². The maximum Gasteiger partial charge on any atom is 0.295 e. The molecule has 0 saturated carbocycles. The summed E-state index contributed by atoms with van der Waals surface area (Å²) in [6.45, 7) is 4.09. The van der Waals surface area contributed by atoms with Crippen molar-refractivity contribution in [3.05, 3.63) is 59.2 Å². The minimum Gasteiger partial charge on any atom is -0.507 e. The van der Waals surface area contributed by atoms with Crippen LogP contribution in [0, 0.1) is 0 Å². The highest BCUT2D eigenvalue weighted by Gasteiger charge is 2.46. The number of aliphatic hydroxyl groups is 1. The SMILES string of the molecule is COc1cccc(C(O)=C2C(=O)C(=O)N(CCCN3CCOCC3)C2c2ccc(O)c(OC)c2)c1. The first kappa shape index (κ1) is 24.6. The summed E-state index contributed by atoms with van der Waals surface area (Å²) in [5, 5.41) is 21.3. The highest BCUT2D eigenvalue weighted by atomic mass is 16.5. The zero-order valence-electron chi connectivity index (χ0n) is 19.9. The standard InChI is InChI=1S/C26H30N2O7/c1-33-19-6-3-5-18(15-19)24(30)22-23(17-7-8-20(29)21(16-17)34-2)28(26(32)25(22)31)10-4-9-27-11-13-35-14-12-27/h3,5-8,15-16,23,29-30H,4,9-14H2,1-2H3. The molecule has 0 radical (unpaired) electrons. The van der Waals surface area contributed by atoms with Crippen LogP contribution in [-0.4, -0.2) is 85.3 Å². The second kappa shape index (κ2) is 10.8. The van der Waals surface area contributed by atoms with E-state index in [-0.39, 0.29) is 22.8 Å². The van der Waals surface area contributed by atoms with Gasteiger partial charge in [-0.1, -0.05) is 18.2 Å². The average Bonchev–Trinajstić information content (AvgIpc) is 3.14. The average molecular weight is 483 g/mol. The molecular weight excluding hydrogens is 452 g/mol. The molecule has 0 aliphatic carbocycles. The number of likely N-dealkylation sites (tertiary alicyclic amines) is 1. The van der Waals surface area contributed by atoms with E-state index in [4.69, 9.17) is 14.2 Å². The molecule has 2 aromatic carbocycles. The van der Waals surface area contributed by atoms with Crippen molar-refractivity contribution in [3.8, 4) is 17.2 Å². The van der Waals surface area contributed by atoms with Gasteiger partial charge in [-0.15, -0.1) is 0 Å². The number of ether oxygens (including phenoxy) is 3. The summed E-state index contributed by atoms with van der Waals surface area (Å²) in [5.41, 5.74) is 0.906. The van der Waals surface area contributed by atoms with Crippen molar-refractivity contribution in [2.75, 3.05) is 53.6 Å². The van der Waals surface area contributed by atoms with Gasteiger partial charge in [0.05, 0.1) is 39.0 Å². The molecule has 2 heterocycles. The predicted octanol–water partition coefficient (Wildman–Crippen LogP) is 2.55. The van der Waals surface area contributed by atoms with Crippen LogP contribution in [0.15, 0.2) is 48.0 Å². The molecule has 1 unspecified atom stereocenters. The van der Waals surface area contributed by atoms with Crippen molar-refractivity contribution < 1.29 is 34.0 Å². The van der Waals surface area contributed by atoms with Crippen LogP contribution in [0.5, 0.6) is 17.2 Å². The number of Topliss-reactive ketones (excluding diaryl/α,β-unsaturated/α-hetero) is 1. The van der Waals surface area contributed by atoms with Crippen molar-refractivity contribution in [1.82, 2.24) is 9.80 Å². The summed E-state index contributed by atoms with van der Waals surface area (Å²) >= 11 is 0. The molecule has 0 aromatic heterocycles. The van der Waals surface area contributed by atoms with E-state index in [9.17, 15) is 19.8 Å².